The van der Waals surface area contributed by atoms with Crippen molar-refractivity contribution < 1.29 is 4.74 Å². The molecule has 0 aliphatic heterocycles. The monoisotopic (exact) mass is 354 g/mol. The van der Waals surface area contributed by atoms with Crippen molar-refractivity contribution in [3.05, 3.63) is 65.2 Å². The van der Waals surface area contributed by atoms with E-state index < -0.39 is 0 Å². The Balaban J connectivity index is 1.87. The van der Waals surface area contributed by atoms with Crippen molar-refractivity contribution in [3.8, 4) is 0 Å². The molecule has 0 atom stereocenters. The van der Waals surface area contributed by atoms with E-state index in [0.717, 1.165) is 31.3 Å². The number of rotatable bonds is 8. The van der Waals surface area contributed by atoms with E-state index in [1.165, 1.54) is 16.7 Å². The summed E-state index contributed by atoms with van der Waals surface area (Å²) in [4.78, 5) is 6.54. The van der Waals surface area contributed by atoms with Gasteiger partial charge in [-0.15, -0.1) is 0 Å². The number of aliphatic imine (C=N–C) groups is 1. The number of anilines is 1. The Morgan fingerprint density at radius 2 is 1.85 bits per heavy atom. The van der Waals surface area contributed by atoms with Gasteiger partial charge in [0.1, 0.15) is 0 Å². The third-order valence-corrected chi connectivity index (χ3v) is 4.28. The lowest BCUT2D eigenvalue weighted by Gasteiger charge is -2.23. The normalized spacial score (nSPS) is 11.3. The number of nitrogens with one attached hydrogen (secondary N) is 2. The lowest BCUT2D eigenvalue weighted by molar-refractivity contribution is 0.211. The molecule has 2 aromatic rings. The quantitative estimate of drug-likeness (QED) is 0.434. The molecule has 0 aliphatic carbocycles. The van der Waals surface area contributed by atoms with E-state index in [0.29, 0.717) is 6.61 Å². The zero-order valence-electron chi connectivity index (χ0n) is 16.2. The van der Waals surface area contributed by atoms with Crippen molar-refractivity contribution in [1.82, 2.24) is 10.2 Å². The summed E-state index contributed by atoms with van der Waals surface area (Å²) in [7, 11) is 5.59. The number of methoxy groups -OCH3 is 1. The molecule has 0 saturated carbocycles. The van der Waals surface area contributed by atoms with Crippen molar-refractivity contribution in [2.24, 2.45) is 4.99 Å². The molecule has 0 unspecified atom stereocenters. The summed E-state index contributed by atoms with van der Waals surface area (Å²) in [5.41, 5.74) is 4.93. The molecule has 0 saturated heterocycles. The van der Waals surface area contributed by atoms with Gasteiger partial charge in [-0.1, -0.05) is 36.4 Å². The molecule has 0 aliphatic rings. The van der Waals surface area contributed by atoms with Gasteiger partial charge in [-0.05, 0) is 35.7 Å². The van der Waals surface area contributed by atoms with Crippen LogP contribution in [0, 0.1) is 6.92 Å². The Kier molecular flexibility index (Phi) is 7.96. The number of benzene rings is 2. The first-order valence-corrected chi connectivity index (χ1v) is 8.92. The van der Waals surface area contributed by atoms with Gasteiger partial charge in [-0.2, -0.15) is 0 Å². The molecule has 2 rings (SSSR count). The van der Waals surface area contributed by atoms with E-state index >= 15 is 0 Å². The fraction of sp³-hybridized carbons (Fsp3) is 0.381. The largest absolute Gasteiger partial charge is 0.383 e. The molecule has 0 bridgehead atoms. The summed E-state index contributed by atoms with van der Waals surface area (Å²) in [6.07, 6.45) is 0. The molecule has 26 heavy (non-hydrogen) atoms. The average Bonchev–Trinajstić information content (AvgIpc) is 2.65. The van der Waals surface area contributed by atoms with Crippen LogP contribution in [0.2, 0.25) is 0 Å². The lowest BCUT2D eigenvalue weighted by atomic mass is 10.1. The highest BCUT2D eigenvalue weighted by atomic mass is 16.5. The van der Waals surface area contributed by atoms with Crippen LogP contribution in [0.1, 0.15) is 16.7 Å². The van der Waals surface area contributed by atoms with Gasteiger partial charge >= 0.3 is 0 Å². The average molecular weight is 354 g/mol. The molecule has 0 heterocycles. The van der Waals surface area contributed by atoms with E-state index in [2.05, 4.69) is 83.0 Å². The van der Waals surface area contributed by atoms with Crippen molar-refractivity contribution in [1.29, 1.82) is 0 Å². The lowest BCUT2D eigenvalue weighted by Crippen LogP contribution is -2.38. The molecule has 0 aromatic heterocycles. The first kappa shape index (κ1) is 19.8. The minimum absolute atomic E-state index is 0.701. The first-order valence-electron chi connectivity index (χ1n) is 8.92. The molecule has 2 aromatic carbocycles. The van der Waals surface area contributed by atoms with Crippen molar-refractivity contribution in [2.45, 2.75) is 20.0 Å². The van der Waals surface area contributed by atoms with E-state index in [9.17, 15) is 0 Å². The zero-order valence-corrected chi connectivity index (χ0v) is 16.2. The fourth-order valence-electron chi connectivity index (χ4n) is 2.72. The van der Waals surface area contributed by atoms with Crippen molar-refractivity contribution in [2.75, 3.05) is 39.7 Å². The predicted molar refractivity (Wildman–Crippen MR) is 110 cm³/mol. The number of hydrogen-bond donors (Lipinski definition) is 2. The van der Waals surface area contributed by atoms with Gasteiger partial charge in [0, 0.05) is 46.5 Å². The summed E-state index contributed by atoms with van der Waals surface area (Å²) in [5, 5.41) is 6.75. The number of nitrogens with zero attached hydrogens (tertiary/aromatic N) is 2. The van der Waals surface area contributed by atoms with Gasteiger partial charge in [0.2, 0.25) is 0 Å². The van der Waals surface area contributed by atoms with E-state index in [-0.39, 0.29) is 0 Å². The molecule has 5 nitrogen and oxygen atoms in total. The maximum Gasteiger partial charge on any atom is 0.193 e. The van der Waals surface area contributed by atoms with Gasteiger partial charge in [0.25, 0.3) is 0 Å². The van der Waals surface area contributed by atoms with Crippen LogP contribution < -0.4 is 10.6 Å². The van der Waals surface area contributed by atoms with Gasteiger partial charge < -0.3 is 20.3 Å². The second-order valence-electron chi connectivity index (χ2n) is 6.30. The molecular weight excluding hydrogens is 324 g/mol. The smallest absolute Gasteiger partial charge is 0.193 e. The zero-order chi connectivity index (χ0) is 18.8. The minimum Gasteiger partial charge on any atom is -0.383 e. The molecule has 5 heteroatoms. The maximum absolute atomic E-state index is 5.05. The van der Waals surface area contributed by atoms with Crippen LogP contribution in [-0.4, -0.2) is 45.2 Å². The topological polar surface area (TPSA) is 48.9 Å². The Hall–Kier alpha value is -2.53. The Labute approximate surface area is 157 Å². The second kappa shape index (κ2) is 10.5. The van der Waals surface area contributed by atoms with Crippen LogP contribution in [-0.2, 0) is 17.8 Å². The standard InChI is InChI=1S/C21H30N4O/c1-17-7-5-6-8-19(17)16-25(3)21(22-2)24-15-18-9-11-20(12-10-18)23-13-14-26-4/h5-12,23H,13-16H2,1-4H3,(H,22,24). The van der Waals surface area contributed by atoms with Gasteiger partial charge in [0.15, 0.2) is 5.96 Å². The maximum atomic E-state index is 5.05. The van der Waals surface area contributed by atoms with Crippen LogP contribution in [0.3, 0.4) is 0 Å². The highest BCUT2D eigenvalue weighted by Crippen LogP contribution is 2.11. The molecular formula is C21H30N4O. The summed E-state index contributed by atoms with van der Waals surface area (Å²) in [6.45, 7) is 5.22. The highest BCUT2D eigenvalue weighted by molar-refractivity contribution is 5.79. The Bertz CT molecular complexity index is 697. The summed E-state index contributed by atoms with van der Waals surface area (Å²) in [6, 6.07) is 16.9. The highest BCUT2D eigenvalue weighted by Gasteiger charge is 2.08. The molecule has 0 spiro atoms. The Morgan fingerprint density at radius 3 is 2.50 bits per heavy atom. The van der Waals surface area contributed by atoms with Crippen molar-refractivity contribution >= 4 is 11.6 Å². The van der Waals surface area contributed by atoms with Crippen LogP contribution >= 0.6 is 0 Å². The number of guanidine groups is 1. The van der Waals surface area contributed by atoms with Gasteiger partial charge in [-0.25, -0.2) is 0 Å². The van der Waals surface area contributed by atoms with Crippen molar-refractivity contribution in [3.63, 3.8) is 0 Å². The summed E-state index contributed by atoms with van der Waals surface area (Å²) >= 11 is 0. The minimum atomic E-state index is 0.701. The third kappa shape index (κ3) is 6.08. The summed E-state index contributed by atoms with van der Waals surface area (Å²) in [5.74, 6) is 0.885. The van der Waals surface area contributed by atoms with Gasteiger partial charge in [-0.3, -0.25) is 4.99 Å². The number of aryl methyl sites for hydroxylation is 1. The summed E-state index contributed by atoms with van der Waals surface area (Å²) < 4.78 is 5.05. The van der Waals surface area contributed by atoms with Crippen LogP contribution in [0.4, 0.5) is 5.69 Å². The molecule has 0 amide bonds. The third-order valence-electron chi connectivity index (χ3n) is 4.28. The number of hydrogen-bond acceptors (Lipinski definition) is 3. The second-order valence-corrected chi connectivity index (χ2v) is 6.30. The van der Waals surface area contributed by atoms with Crippen LogP contribution in [0.25, 0.3) is 0 Å². The molecule has 0 radical (unpaired) electrons. The Morgan fingerprint density at radius 1 is 1.12 bits per heavy atom. The van der Waals surface area contributed by atoms with E-state index in [1.807, 2.05) is 7.05 Å². The van der Waals surface area contributed by atoms with Crippen LogP contribution in [0.5, 0.6) is 0 Å². The molecule has 0 fully saturated rings. The SMILES string of the molecule is CN=C(NCc1ccc(NCCOC)cc1)N(C)Cc1ccccc1C. The number of ether oxygens (including phenoxy) is 1. The fourth-order valence-corrected chi connectivity index (χ4v) is 2.72. The predicted octanol–water partition coefficient (Wildman–Crippen LogP) is 3.26. The molecule has 2 N–H and O–H groups in total. The van der Waals surface area contributed by atoms with Crippen LogP contribution in [0.15, 0.2) is 53.5 Å². The van der Waals surface area contributed by atoms with E-state index in [1.54, 1.807) is 7.11 Å². The van der Waals surface area contributed by atoms with Gasteiger partial charge in [0.05, 0.1) is 6.61 Å². The van der Waals surface area contributed by atoms with E-state index in [4.69, 9.17) is 4.74 Å². The first-order chi connectivity index (χ1) is 12.6. The molecule has 140 valence electrons.